The van der Waals surface area contributed by atoms with Crippen molar-refractivity contribution in [1.29, 1.82) is 0 Å². The van der Waals surface area contributed by atoms with E-state index in [0.29, 0.717) is 50.8 Å². The van der Waals surface area contributed by atoms with Crippen molar-refractivity contribution >= 4 is 15.9 Å². The molecule has 1 aromatic rings. The van der Waals surface area contributed by atoms with Gasteiger partial charge in [0.15, 0.2) is 0 Å². The third kappa shape index (κ3) is 5.49. The minimum Gasteiger partial charge on any atom is -0.473 e. The molecule has 1 aromatic heterocycles. The second-order valence-electron chi connectivity index (χ2n) is 6.31. The van der Waals surface area contributed by atoms with Gasteiger partial charge in [0, 0.05) is 31.6 Å². The summed E-state index contributed by atoms with van der Waals surface area (Å²) in [5.74, 6) is 0.0600. The molecule has 0 spiro atoms. The number of halogens is 1. The van der Waals surface area contributed by atoms with Crippen LogP contribution in [0.2, 0.25) is 0 Å². The van der Waals surface area contributed by atoms with Crippen molar-refractivity contribution in [2.75, 3.05) is 26.2 Å². The lowest BCUT2D eigenvalue weighted by atomic mass is 9.97. The Morgan fingerprint density at radius 1 is 1.37 bits per heavy atom. The molecule has 2 heterocycles. The average molecular weight is 399 g/mol. The summed E-state index contributed by atoms with van der Waals surface area (Å²) in [6.45, 7) is 4.90. The Morgan fingerprint density at radius 3 is 2.59 bits per heavy atom. The Bertz CT molecular complexity index is 757. The number of sulfonamides is 1. The third-order valence-corrected chi connectivity index (χ3v) is 6.42. The van der Waals surface area contributed by atoms with Crippen LogP contribution in [-0.2, 0) is 14.8 Å². The highest BCUT2D eigenvalue weighted by molar-refractivity contribution is 7.89. The van der Waals surface area contributed by atoms with Gasteiger partial charge in [-0.1, -0.05) is 6.92 Å². The molecule has 1 aliphatic heterocycles. The van der Waals surface area contributed by atoms with Crippen LogP contribution in [0.1, 0.15) is 33.1 Å². The van der Waals surface area contributed by atoms with Crippen molar-refractivity contribution in [2.45, 2.75) is 38.0 Å². The van der Waals surface area contributed by atoms with E-state index in [1.165, 1.54) is 22.6 Å². The van der Waals surface area contributed by atoms with E-state index in [2.05, 4.69) is 10.3 Å². The van der Waals surface area contributed by atoms with Gasteiger partial charge in [0.05, 0.1) is 12.5 Å². The SMILES string of the molecule is CCNC(=O)C1CCN(S(=O)(=O)c2ccc(OC/C(=C/F)CC)nc2)CC1. The Balaban J connectivity index is 1.98. The summed E-state index contributed by atoms with van der Waals surface area (Å²) in [6, 6.07) is 2.89. The first-order chi connectivity index (χ1) is 12.9. The topological polar surface area (TPSA) is 88.6 Å². The third-order valence-electron chi connectivity index (χ3n) is 4.54. The van der Waals surface area contributed by atoms with E-state index in [4.69, 9.17) is 4.74 Å². The number of rotatable bonds is 8. The number of carbonyl (C=O) groups is 1. The smallest absolute Gasteiger partial charge is 0.244 e. The summed E-state index contributed by atoms with van der Waals surface area (Å²) < 4.78 is 44.8. The molecule has 0 atom stereocenters. The maximum Gasteiger partial charge on any atom is 0.244 e. The largest absolute Gasteiger partial charge is 0.473 e. The summed E-state index contributed by atoms with van der Waals surface area (Å²) in [4.78, 5) is 16.0. The highest BCUT2D eigenvalue weighted by Gasteiger charge is 2.32. The van der Waals surface area contributed by atoms with E-state index < -0.39 is 10.0 Å². The molecule has 1 fully saturated rings. The van der Waals surface area contributed by atoms with Gasteiger partial charge >= 0.3 is 0 Å². The highest BCUT2D eigenvalue weighted by atomic mass is 32.2. The molecular weight excluding hydrogens is 373 g/mol. The molecule has 1 aliphatic rings. The summed E-state index contributed by atoms with van der Waals surface area (Å²) in [5.41, 5.74) is 0.489. The second kappa shape index (κ2) is 9.80. The van der Waals surface area contributed by atoms with Gasteiger partial charge in [-0.2, -0.15) is 4.31 Å². The number of nitrogens with one attached hydrogen (secondary N) is 1. The number of piperidine rings is 1. The molecule has 0 aromatic carbocycles. The molecule has 1 saturated heterocycles. The van der Waals surface area contributed by atoms with Gasteiger partial charge < -0.3 is 10.1 Å². The number of aromatic nitrogens is 1. The van der Waals surface area contributed by atoms with Crippen molar-refractivity contribution in [3.8, 4) is 5.88 Å². The van der Waals surface area contributed by atoms with Gasteiger partial charge in [0.25, 0.3) is 0 Å². The minimum absolute atomic E-state index is 0.0218. The molecule has 27 heavy (non-hydrogen) atoms. The van der Waals surface area contributed by atoms with E-state index in [1.54, 1.807) is 0 Å². The zero-order chi connectivity index (χ0) is 19.9. The molecule has 7 nitrogen and oxygen atoms in total. The highest BCUT2D eigenvalue weighted by Crippen LogP contribution is 2.24. The normalized spacial score (nSPS) is 16.9. The first-order valence-electron chi connectivity index (χ1n) is 9.07. The van der Waals surface area contributed by atoms with E-state index >= 15 is 0 Å². The lowest BCUT2D eigenvalue weighted by molar-refractivity contribution is -0.126. The summed E-state index contributed by atoms with van der Waals surface area (Å²) >= 11 is 0. The van der Waals surface area contributed by atoms with Crippen LogP contribution in [0.5, 0.6) is 5.88 Å². The summed E-state index contributed by atoms with van der Waals surface area (Å²) in [6.07, 6.45) is 3.26. The Morgan fingerprint density at radius 2 is 2.07 bits per heavy atom. The predicted molar refractivity (Wildman–Crippen MR) is 99.4 cm³/mol. The quantitative estimate of drug-likeness (QED) is 0.724. The van der Waals surface area contributed by atoms with Crippen LogP contribution in [0.4, 0.5) is 4.39 Å². The van der Waals surface area contributed by atoms with Crippen molar-refractivity contribution in [3.63, 3.8) is 0 Å². The van der Waals surface area contributed by atoms with Gasteiger partial charge in [-0.05, 0) is 37.8 Å². The molecule has 9 heteroatoms. The number of hydrogen-bond acceptors (Lipinski definition) is 5. The lowest BCUT2D eigenvalue weighted by Crippen LogP contribution is -2.42. The molecule has 1 N–H and O–H groups in total. The Labute approximate surface area is 159 Å². The average Bonchev–Trinajstić information content (AvgIpc) is 2.69. The molecule has 2 rings (SSSR count). The summed E-state index contributed by atoms with van der Waals surface area (Å²) in [5, 5.41) is 2.78. The van der Waals surface area contributed by atoms with Crippen LogP contribution in [0, 0.1) is 5.92 Å². The number of hydrogen-bond donors (Lipinski definition) is 1. The van der Waals surface area contributed by atoms with Gasteiger partial charge in [0.1, 0.15) is 11.5 Å². The molecule has 150 valence electrons. The van der Waals surface area contributed by atoms with Gasteiger partial charge in [0.2, 0.25) is 21.8 Å². The second-order valence-corrected chi connectivity index (χ2v) is 8.25. The molecule has 0 bridgehead atoms. The first-order valence-corrected chi connectivity index (χ1v) is 10.5. The predicted octanol–water partition coefficient (Wildman–Crippen LogP) is 2.26. The van der Waals surface area contributed by atoms with Crippen molar-refractivity contribution in [2.24, 2.45) is 5.92 Å². The maximum absolute atomic E-state index is 12.7. The van der Waals surface area contributed by atoms with Gasteiger partial charge in [-0.25, -0.2) is 17.8 Å². The van der Waals surface area contributed by atoms with Crippen LogP contribution < -0.4 is 10.1 Å². The van der Waals surface area contributed by atoms with E-state index in [-0.39, 0.29) is 29.2 Å². The molecule has 0 radical (unpaired) electrons. The molecule has 0 aliphatic carbocycles. The fraction of sp³-hybridized carbons (Fsp3) is 0.556. The van der Waals surface area contributed by atoms with Crippen molar-refractivity contribution in [3.05, 3.63) is 30.2 Å². The maximum atomic E-state index is 12.7. The van der Waals surface area contributed by atoms with Crippen LogP contribution >= 0.6 is 0 Å². The van der Waals surface area contributed by atoms with Crippen LogP contribution in [0.3, 0.4) is 0 Å². The standard InChI is InChI=1S/C18H26FN3O4S/c1-3-14(11-19)13-26-17-6-5-16(12-21-17)27(24,25)22-9-7-15(8-10-22)18(23)20-4-2/h5-6,11-12,15H,3-4,7-10,13H2,1-2H3,(H,20,23)/b14-11+. The first kappa shape index (κ1) is 21.3. The molecule has 0 saturated carbocycles. The molecule has 1 amide bonds. The van der Waals surface area contributed by atoms with Crippen LogP contribution in [-0.4, -0.2) is 49.9 Å². The van der Waals surface area contributed by atoms with E-state index in [9.17, 15) is 17.6 Å². The zero-order valence-electron chi connectivity index (χ0n) is 15.7. The number of ether oxygens (including phenoxy) is 1. The van der Waals surface area contributed by atoms with Gasteiger partial charge in [-0.3, -0.25) is 4.79 Å². The number of carbonyl (C=O) groups excluding carboxylic acids is 1. The van der Waals surface area contributed by atoms with E-state index in [1.807, 2.05) is 13.8 Å². The number of pyridine rings is 1. The number of nitrogens with zero attached hydrogens (tertiary/aromatic N) is 2. The van der Waals surface area contributed by atoms with Crippen molar-refractivity contribution < 1.29 is 22.3 Å². The molecular formula is C18H26FN3O4S. The fourth-order valence-corrected chi connectivity index (χ4v) is 4.22. The van der Waals surface area contributed by atoms with Crippen LogP contribution in [0.25, 0.3) is 0 Å². The van der Waals surface area contributed by atoms with Gasteiger partial charge in [-0.15, -0.1) is 0 Å². The Kier molecular flexibility index (Phi) is 7.73. The minimum atomic E-state index is -3.67. The summed E-state index contributed by atoms with van der Waals surface area (Å²) in [7, 11) is -3.67. The fourth-order valence-electron chi connectivity index (χ4n) is 2.81. The van der Waals surface area contributed by atoms with Crippen molar-refractivity contribution in [1.82, 2.24) is 14.6 Å². The monoisotopic (exact) mass is 399 g/mol. The molecule has 0 unspecified atom stereocenters. The zero-order valence-corrected chi connectivity index (χ0v) is 16.5. The lowest BCUT2D eigenvalue weighted by Gasteiger charge is -2.30. The Hall–Kier alpha value is -2.00. The number of amides is 1. The van der Waals surface area contributed by atoms with E-state index in [0.717, 1.165) is 0 Å². The van der Waals surface area contributed by atoms with Crippen LogP contribution in [0.15, 0.2) is 35.1 Å².